The zero-order chi connectivity index (χ0) is 29.0. The molecule has 5 aromatic carbocycles. The summed E-state index contributed by atoms with van der Waals surface area (Å²) in [6, 6.07) is 50.2. The molecule has 0 bridgehead atoms. The number of hydrogen-bond acceptors (Lipinski definition) is 3. The molecule has 5 nitrogen and oxygen atoms in total. The first-order valence-electron chi connectivity index (χ1n) is 14.7. The maximum absolute atomic E-state index is 5.25. The van der Waals surface area contributed by atoms with Crippen LogP contribution >= 0.6 is 0 Å². The highest BCUT2D eigenvalue weighted by Crippen LogP contribution is 2.40. The molecule has 44 heavy (non-hydrogen) atoms. The number of nitrogens with zero attached hydrogens (tertiary/aromatic N) is 5. The second-order valence-corrected chi connectivity index (χ2v) is 10.9. The summed E-state index contributed by atoms with van der Waals surface area (Å²) in [4.78, 5) is 15.6. The minimum Gasteiger partial charge on any atom is -0.307 e. The molecular weight excluding hydrogens is 538 g/mol. The van der Waals surface area contributed by atoms with Gasteiger partial charge in [0.1, 0.15) is 5.52 Å². The smallest absolute Gasteiger partial charge is 0.235 e. The molecule has 9 aromatic rings. The first kappa shape index (κ1) is 24.5. The topological polar surface area (TPSA) is 48.5 Å². The van der Waals surface area contributed by atoms with E-state index in [1.807, 2.05) is 42.6 Å². The van der Waals surface area contributed by atoms with Gasteiger partial charge in [-0.3, -0.25) is 9.55 Å². The molecule has 0 atom stereocenters. The molecule has 0 fully saturated rings. The van der Waals surface area contributed by atoms with E-state index in [0.29, 0.717) is 5.95 Å². The van der Waals surface area contributed by atoms with Crippen LogP contribution in [0.5, 0.6) is 0 Å². The van der Waals surface area contributed by atoms with E-state index in [2.05, 4.69) is 118 Å². The van der Waals surface area contributed by atoms with Crippen molar-refractivity contribution in [3.63, 3.8) is 0 Å². The Morgan fingerprint density at radius 1 is 0.432 bits per heavy atom. The lowest BCUT2D eigenvalue weighted by molar-refractivity contribution is 0.994. The van der Waals surface area contributed by atoms with Crippen molar-refractivity contribution in [2.24, 2.45) is 0 Å². The Morgan fingerprint density at radius 3 is 1.59 bits per heavy atom. The van der Waals surface area contributed by atoms with Crippen LogP contribution in [-0.4, -0.2) is 24.1 Å². The van der Waals surface area contributed by atoms with Gasteiger partial charge in [-0.25, -0.2) is 9.97 Å². The second-order valence-electron chi connectivity index (χ2n) is 10.9. The van der Waals surface area contributed by atoms with Crippen molar-refractivity contribution < 1.29 is 0 Å². The van der Waals surface area contributed by atoms with Gasteiger partial charge in [0.05, 0.1) is 33.5 Å². The number of benzene rings is 5. The van der Waals surface area contributed by atoms with E-state index in [0.717, 1.165) is 71.9 Å². The normalized spacial score (nSPS) is 11.6. The predicted molar refractivity (Wildman–Crippen MR) is 179 cm³/mol. The zero-order valence-electron chi connectivity index (χ0n) is 23.7. The molecule has 0 amide bonds. The fourth-order valence-corrected chi connectivity index (χ4v) is 6.43. The van der Waals surface area contributed by atoms with Crippen molar-refractivity contribution >= 4 is 43.7 Å². The Morgan fingerprint density at radius 2 is 0.955 bits per heavy atom. The average molecular weight is 564 g/mol. The molecule has 5 heteroatoms. The van der Waals surface area contributed by atoms with Crippen molar-refractivity contribution in [1.29, 1.82) is 0 Å². The van der Waals surface area contributed by atoms with Crippen molar-refractivity contribution in [1.82, 2.24) is 24.1 Å². The van der Waals surface area contributed by atoms with Crippen molar-refractivity contribution in [2.45, 2.75) is 0 Å². The van der Waals surface area contributed by atoms with Crippen LogP contribution in [0.25, 0.3) is 77.9 Å². The van der Waals surface area contributed by atoms with E-state index in [4.69, 9.17) is 15.0 Å². The summed E-state index contributed by atoms with van der Waals surface area (Å²) in [5.41, 5.74) is 10.0. The highest BCUT2D eigenvalue weighted by Gasteiger charge is 2.23. The number of hydrogen-bond donors (Lipinski definition) is 0. The van der Waals surface area contributed by atoms with E-state index in [1.165, 1.54) is 0 Å². The quantitative estimate of drug-likeness (QED) is 0.214. The predicted octanol–water partition coefficient (Wildman–Crippen LogP) is 9.40. The standard InChI is InChI=1S/C39H25N5/c1-4-14-26(15-5-1)32-24-33(27-16-6-2-7-17-27)42-39(41-32)44-35-23-13-11-21-30(35)36-38(44)37-31(25-40-36)29-20-10-12-22-34(29)43(37)28-18-8-3-9-19-28/h1-25H. The minimum absolute atomic E-state index is 0.607. The Labute approximate surface area is 253 Å². The minimum atomic E-state index is 0.607. The highest BCUT2D eigenvalue weighted by molar-refractivity contribution is 6.22. The maximum Gasteiger partial charge on any atom is 0.235 e. The van der Waals surface area contributed by atoms with E-state index in [9.17, 15) is 0 Å². The molecule has 0 radical (unpaired) electrons. The SMILES string of the molecule is c1ccc(-c2cc(-c3ccccc3)nc(-n3c4ccccc4c4ncc5c6ccccc6n(-c6ccccc6)c5c43)n2)cc1. The van der Waals surface area contributed by atoms with Crippen LogP contribution in [0, 0.1) is 0 Å². The van der Waals surface area contributed by atoms with Gasteiger partial charge < -0.3 is 4.57 Å². The molecule has 0 unspecified atom stereocenters. The average Bonchev–Trinajstić information content (AvgIpc) is 3.62. The van der Waals surface area contributed by atoms with E-state index < -0.39 is 0 Å². The number of rotatable bonds is 4. The lowest BCUT2D eigenvalue weighted by atomic mass is 10.1. The summed E-state index contributed by atoms with van der Waals surface area (Å²) in [5.74, 6) is 0.607. The molecule has 0 saturated heterocycles. The van der Waals surface area contributed by atoms with Crippen LogP contribution < -0.4 is 0 Å². The van der Waals surface area contributed by atoms with Crippen LogP contribution in [-0.2, 0) is 0 Å². The van der Waals surface area contributed by atoms with Crippen molar-refractivity contribution in [2.75, 3.05) is 0 Å². The lowest BCUT2D eigenvalue weighted by Crippen LogP contribution is -2.05. The summed E-state index contributed by atoms with van der Waals surface area (Å²) < 4.78 is 4.56. The van der Waals surface area contributed by atoms with E-state index in [1.54, 1.807) is 0 Å². The van der Waals surface area contributed by atoms with E-state index >= 15 is 0 Å². The van der Waals surface area contributed by atoms with Gasteiger partial charge >= 0.3 is 0 Å². The Kier molecular flexibility index (Phi) is 5.43. The van der Waals surface area contributed by atoms with Crippen LogP contribution in [0.4, 0.5) is 0 Å². The first-order chi connectivity index (χ1) is 21.8. The van der Waals surface area contributed by atoms with Gasteiger partial charge in [-0.1, -0.05) is 115 Å². The van der Waals surface area contributed by atoms with Gasteiger partial charge in [0, 0.05) is 39.2 Å². The maximum atomic E-state index is 5.25. The molecule has 0 spiro atoms. The Hall–Kier alpha value is -6.07. The third-order valence-electron chi connectivity index (χ3n) is 8.38. The van der Waals surface area contributed by atoms with E-state index in [-0.39, 0.29) is 0 Å². The fraction of sp³-hybridized carbons (Fsp3) is 0. The molecule has 0 saturated carbocycles. The number of para-hydroxylation sites is 3. The molecule has 9 rings (SSSR count). The second kappa shape index (κ2) is 9.75. The summed E-state index contributed by atoms with van der Waals surface area (Å²) in [5, 5.41) is 3.30. The third-order valence-corrected chi connectivity index (χ3v) is 8.38. The molecule has 0 aliphatic carbocycles. The molecule has 0 aliphatic rings. The van der Waals surface area contributed by atoms with Crippen molar-refractivity contribution in [3.05, 3.63) is 152 Å². The van der Waals surface area contributed by atoms with Crippen LogP contribution in [0.15, 0.2) is 152 Å². The van der Waals surface area contributed by atoms with Gasteiger partial charge in [-0.2, -0.15) is 0 Å². The Balaban J connectivity index is 1.48. The molecule has 0 aliphatic heterocycles. The monoisotopic (exact) mass is 563 g/mol. The molecule has 0 N–H and O–H groups in total. The lowest BCUT2D eigenvalue weighted by Gasteiger charge is -2.13. The molecule has 206 valence electrons. The Bertz CT molecular complexity index is 2420. The summed E-state index contributed by atoms with van der Waals surface area (Å²) in [6.07, 6.45) is 2.02. The first-order valence-corrected chi connectivity index (χ1v) is 14.7. The number of pyridine rings is 1. The number of aromatic nitrogens is 5. The summed E-state index contributed by atoms with van der Waals surface area (Å²) in [7, 11) is 0. The largest absolute Gasteiger partial charge is 0.307 e. The zero-order valence-corrected chi connectivity index (χ0v) is 23.7. The van der Waals surface area contributed by atoms with Crippen LogP contribution in [0.2, 0.25) is 0 Å². The number of fused-ring (bicyclic) bond motifs is 7. The highest BCUT2D eigenvalue weighted by atomic mass is 15.2. The molecule has 4 heterocycles. The van der Waals surface area contributed by atoms with Crippen LogP contribution in [0.1, 0.15) is 0 Å². The van der Waals surface area contributed by atoms with Gasteiger partial charge in [0.2, 0.25) is 5.95 Å². The fourth-order valence-electron chi connectivity index (χ4n) is 6.43. The summed E-state index contributed by atoms with van der Waals surface area (Å²) in [6.45, 7) is 0. The summed E-state index contributed by atoms with van der Waals surface area (Å²) >= 11 is 0. The molecule has 4 aromatic heterocycles. The van der Waals surface area contributed by atoms with Crippen molar-refractivity contribution in [3.8, 4) is 34.2 Å². The van der Waals surface area contributed by atoms with Gasteiger partial charge in [-0.05, 0) is 30.3 Å². The van der Waals surface area contributed by atoms with Gasteiger partial charge in [0.15, 0.2) is 0 Å². The van der Waals surface area contributed by atoms with Gasteiger partial charge in [-0.15, -0.1) is 0 Å². The molecular formula is C39H25N5. The third kappa shape index (κ3) is 3.69. The van der Waals surface area contributed by atoms with Crippen LogP contribution in [0.3, 0.4) is 0 Å². The van der Waals surface area contributed by atoms with Gasteiger partial charge in [0.25, 0.3) is 0 Å².